The third-order valence-electron chi connectivity index (χ3n) is 5.78. The van der Waals surface area contributed by atoms with Gasteiger partial charge in [-0.15, -0.1) is 0 Å². The Labute approximate surface area is 199 Å². The second kappa shape index (κ2) is 9.56. The third-order valence-corrected chi connectivity index (χ3v) is 6.12. The zero-order valence-electron chi connectivity index (χ0n) is 18.4. The summed E-state index contributed by atoms with van der Waals surface area (Å²) in [5.74, 6) is -1.68. The first-order chi connectivity index (χ1) is 16.2. The summed E-state index contributed by atoms with van der Waals surface area (Å²) in [6.07, 6.45) is 0.975. The van der Waals surface area contributed by atoms with Crippen LogP contribution in [0, 0.1) is 18.6 Å². The standard InChI is InChI=1S/C25H23ClF2N2O4/c1-15-10-21(34-14-18-6-7-19(27)11-20(18)28)22(26)23(31)30(15)13-17-4-2-16(3-5-17)12-29-24(32)25(33)8-9-25/h2-7,10-11,33H,8-9,12-14H2,1H3,(H,29,32). The zero-order chi connectivity index (χ0) is 24.5. The van der Waals surface area contributed by atoms with E-state index in [9.17, 15) is 23.5 Å². The van der Waals surface area contributed by atoms with E-state index in [1.54, 1.807) is 13.0 Å². The summed E-state index contributed by atoms with van der Waals surface area (Å²) in [5.41, 5.74) is 0.783. The van der Waals surface area contributed by atoms with Crippen LogP contribution >= 0.6 is 11.6 Å². The Morgan fingerprint density at radius 1 is 1.15 bits per heavy atom. The van der Waals surface area contributed by atoms with Gasteiger partial charge < -0.3 is 19.7 Å². The van der Waals surface area contributed by atoms with Crippen LogP contribution < -0.4 is 15.6 Å². The van der Waals surface area contributed by atoms with Crippen LogP contribution in [0.3, 0.4) is 0 Å². The molecule has 2 aromatic carbocycles. The van der Waals surface area contributed by atoms with E-state index in [1.807, 2.05) is 24.3 Å². The number of carbonyl (C=O) groups is 1. The number of nitrogens with one attached hydrogen (secondary N) is 1. The molecule has 1 heterocycles. The second-order valence-electron chi connectivity index (χ2n) is 8.41. The van der Waals surface area contributed by atoms with Gasteiger partial charge in [0.15, 0.2) is 0 Å². The predicted molar refractivity (Wildman–Crippen MR) is 123 cm³/mol. The fourth-order valence-corrected chi connectivity index (χ4v) is 3.66. The molecule has 9 heteroatoms. The van der Waals surface area contributed by atoms with E-state index in [0.29, 0.717) is 25.1 Å². The number of aryl methyl sites for hydroxylation is 1. The van der Waals surface area contributed by atoms with Gasteiger partial charge in [-0.1, -0.05) is 35.9 Å². The van der Waals surface area contributed by atoms with Crippen molar-refractivity contribution in [2.24, 2.45) is 0 Å². The Kier molecular flexibility index (Phi) is 6.72. The predicted octanol–water partition coefficient (Wildman–Crippen LogP) is 3.86. The molecule has 1 fully saturated rings. The molecular formula is C25H23ClF2N2O4. The number of aromatic nitrogens is 1. The van der Waals surface area contributed by atoms with Gasteiger partial charge >= 0.3 is 0 Å². The normalized spacial score (nSPS) is 14.0. The number of ether oxygens (including phenoxy) is 1. The molecule has 6 nitrogen and oxygen atoms in total. The zero-order valence-corrected chi connectivity index (χ0v) is 19.2. The molecule has 0 atom stereocenters. The van der Waals surface area contributed by atoms with Crippen LogP contribution in [0.25, 0.3) is 0 Å². The number of amides is 1. The van der Waals surface area contributed by atoms with Crippen molar-refractivity contribution in [2.45, 2.75) is 45.1 Å². The van der Waals surface area contributed by atoms with Crippen molar-refractivity contribution in [2.75, 3.05) is 0 Å². The lowest BCUT2D eigenvalue weighted by Crippen LogP contribution is -2.35. The summed E-state index contributed by atoms with van der Waals surface area (Å²) >= 11 is 6.23. The highest BCUT2D eigenvalue weighted by molar-refractivity contribution is 6.31. The first-order valence-electron chi connectivity index (χ1n) is 10.7. The molecule has 0 unspecified atom stereocenters. The monoisotopic (exact) mass is 488 g/mol. The van der Waals surface area contributed by atoms with Gasteiger partial charge in [0.1, 0.15) is 34.6 Å². The summed E-state index contributed by atoms with van der Waals surface area (Å²) in [4.78, 5) is 24.7. The van der Waals surface area contributed by atoms with Gasteiger partial charge in [0.05, 0.1) is 6.54 Å². The average Bonchev–Trinajstić information content (AvgIpc) is 3.57. The summed E-state index contributed by atoms with van der Waals surface area (Å²) < 4.78 is 33.9. The average molecular weight is 489 g/mol. The number of halogens is 3. The quantitative estimate of drug-likeness (QED) is 0.504. The molecule has 1 amide bonds. The lowest BCUT2D eigenvalue weighted by Gasteiger charge is -2.15. The van der Waals surface area contributed by atoms with Crippen LogP contribution in [0.5, 0.6) is 5.75 Å². The van der Waals surface area contributed by atoms with E-state index in [2.05, 4.69) is 5.32 Å². The van der Waals surface area contributed by atoms with Gasteiger partial charge in [-0.3, -0.25) is 9.59 Å². The first kappa shape index (κ1) is 23.9. The highest BCUT2D eigenvalue weighted by Gasteiger charge is 2.47. The molecule has 1 aromatic heterocycles. The molecule has 2 N–H and O–H groups in total. The van der Waals surface area contributed by atoms with Crippen molar-refractivity contribution in [3.8, 4) is 5.75 Å². The van der Waals surface area contributed by atoms with Crippen molar-refractivity contribution < 1.29 is 23.4 Å². The van der Waals surface area contributed by atoms with E-state index in [0.717, 1.165) is 23.3 Å². The summed E-state index contributed by atoms with van der Waals surface area (Å²) in [7, 11) is 0. The van der Waals surface area contributed by atoms with Crippen molar-refractivity contribution in [1.82, 2.24) is 9.88 Å². The molecule has 1 saturated carbocycles. The molecule has 0 aliphatic heterocycles. The number of pyridine rings is 1. The number of hydrogen-bond acceptors (Lipinski definition) is 4. The second-order valence-corrected chi connectivity index (χ2v) is 8.79. The summed E-state index contributed by atoms with van der Waals surface area (Å²) in [5, 5.41) is 12.4. The number of rotatable bonds is 8. The molecule has 0 radical (unpaired) electrons. The number of hydrogen-bond donors (Lipinski definition) is 2. The molecular weight excluding hydrogens is 466 g/mol. The van der Waals surface area contributed by atoms with Crippen LogP contribution in [0.4, 0.5) is 8.78 Å². The van der Waals surface area contributed by atoms with Crippen LogP contribution in [-0.4, -0.2) is 21.2 Å². The Morgan fingerprint density at radius 2 is 1.82 bits per heavy atom. The highest BCUT2D eigenvalue weighted by atomic mass is 35.5. The molecule has 0 bridgehead atoms. The van der Waals surface area contributed by atoms with Crippen molar-refractivity contribution >= 4 is 17.5 Å². The molecule has 4 rings (SSSR count). The van der Waals surface area contributed by atoms with Crippen molar-refractivity contribution in [3.63, 3.8) is 0 Å². The number of nitrogens with zero attached hydrogens (tertiary/aromatic N) is 1. The van der Waals surface area contributed by atoms with E-state index >= 15 is 0 Å². The summed E-state index contributed by atoms with van der Waals surface area (Å²) in [6.45, 7) is 2.09. The fourth-order valence-electron chi connectivity index (χ4n) is 3.45. The Morgan fingerprint density at radius 3 is 2.47 bits per heavy atom. The maximum absolute atomic E-state index is 13.8. The molecule has 1 aliphatic carbocycles. The van der Waals surface area contributed by atoms with Gasteiger partial charge in [0.25, 0.3) is 11.5 Å². The van der Waals surface area contributed by atoms with Gasteiger partial charge in [-0.2, -0.15) is 0 Å². The third kappa shape index (κ3) is 5.29. The molecule has 178 valence electrons. The van der Waals surface area contributed by atoms with Crippen LogP contribution in [0.15, 0.2) is 53.3 Å². The minimum atomic E-state index is -1.21. The van der Waals surface area contributed by atoms with Crippen LogP contribution in [-0.2, 0) is 24.5 Å². The van der Waals surface area contributed by atoms with Crippen LogP contribution in [0.2, 0.25) is 5.02 Å². The van der Waals surface area contributed by atoms with E-state index in [1.165, 1.54) is 10.6 Å². The largest absolute Gasteiger partial charge is 0.487 e. The minimum Gasteiger partial charge on any atom is -0.487 e. The topological polar surface area (TPSA) is 80.6 Å². The Bertz CT molecular complexity index is 1290. The Hall–Kier alpha value is -3.23. The van der Waals surface area contributed by atoms with Gasteiger partial charge in [0.2, 0.25) is 0 Å². The van der Waals surface area contributed by atoms with Gasteiger partial charge in [0, 0.05) is 29.9 Å². The number of aliphatic hydroxyl groups is 1. The van der Waals surface area contributed by atoms with Crippen LogP contribution in [0.1, 0.15) is 35.2 Å². The van der Waals surface area contributed by atoms with E-state index < -0.39 is 22.8 Å². The molecule has 0 spiro atoms. The van der Waals surface area contributed by atoms with E-state index in [4.69, 9.17) is 16.3 Å². The fraction of sp³-hybridized carbons (Fsp3) is 0.280. The first-order valence-corrected chi connectivity index (χ1v) is 11.1. The highest BCUT2D eigenvalue weighted by Crippen LogP contribution is 2.35. The Balaban J connectivity index is 1.42. The SMILES string of the molecule is Cc1cc(OCc2ccc(F)cc2F)c(Cl)c(=O)n1Cc1ccc(CNC(=O)C2(O)CC2)cc1. The van der Waals surface area contributed by atoms with Gasteiger partial charge in [-0.25, -0.2) is 8.78 Å². The minimum absolute atomic E-state index is 0.118. The van der Waals surface area contributed by atoms with E-state index in [-0.39, 0.29) is 35.4 Å². The number of carbonyl (C=O) groups excluding carboxylic acids is 1. The van der Waals surface area contributed by atoms with Gasteiger partial charge in [-0.05, 0) is 43.0 Å². The molecule has 1 aliphatic rings. The summed E-state index contributed by atoms with van der Waals surface area (Å²) in [6, 6.07) is 12.1. The van der Waals surface area contributed by atoms with Crippen molar-refractivity contribution in [1.29, 1.82) is 0 Å². The lowest BCUT2D eigenvalue weighted by atomic mass is 10.1. The molecule has 0 saturated heterocycles. The molecule has 3 aromatic rings. The number of benzene rings is 2. The smallest absolute Gasteiger partial charge is 0.273 e. The maximum atomic E-state index is 13.8. The molecule has 34 heavy (non-hydrogen) atoms. The van der Waals surface area contributed by atoms with Crippen molar-refractivity contribution in [3.05, 3.63) is 97.9 Å². The lowest BCUT2D eigenvalue weighted by molar-refractivity contribution is -0.131. The maximum Gasteiger partial charge on any atom is 0.273 e.